The number of nitrogens with zero attached hydrogens (tertiary/aromatic N) is 2. The molecule has 6 nitrogen and oxygen atoms in total. The van der Waals surface area contributed by atoms with Gasteiger partial charge in [0.05, 0.1) is 30.2 Å². The molecule has 0 saturated carbocycles. The van der Waals surface area contributed by atoms with E-state index in [0.29, 0.717) is 20.0 Å². The summed E-state index contributed by atoms with van der Waals surface area (Å²) in [5, 5.41) is 6.73. The summed E-state index contributed by atoms with van der Waals surface area (Å²) in [5.74, 6) is -0.564. The van der Waals surface area contributed by atoms with E-state index in [-0.39, 0.29) is 11.8 Å². The summed E-state index contributed by atoms with van der Waals surface area (Å²) in [6.45, 7) is 4.04. The molecule has 0 aliphatic carbocycles. The van der Waals surface area contributed by atoms with Crippen LogP contribution in [0.25, 0.3) is 20.4 Å². The van der Waals surface area contributed by atoms with E-state index in [1.807, 2.05) is 50.2 Å². The van der Waals surface area contributed by atoms with Crippen LogP contribution in [-0.4, -0.2) is 21.8 Å². The van der Waals surface area contributed by atoms with Crippen molar-refractivity contribution in [3.05, 3.63) is 69.4 Å². The van der Waals surface area contributed by atoms with Crippen LogP contribution in [-0.2, 0) is 0 Å². The normalized spacial score (nSPS) is 11.2. The molecule has 3 aromatic heterocycles. The summed E-state index contributed by atoms with van der Waals surface area (Å²) in [6, 6.07) is 15.2. The molecule has 0 spiro atoms. The van der Waals surface area contributed by atoms with Crippen LogP contribution in [0.2, 0.25) is 0 Å². The fourth-order valence-corrected chi connectivity index (χ4v) is 5.78. The summed E-state index contributed by atoms with van der Waals surface area (Å²) in [6.07, 6.45) is 0. The molecule has 0 saturated heterocycles. The van der Waals surface area contributed by atoms with Crippen molar-refractivity contribution in [1.82, 2.24) is 9.97 Å². The molecule has 5 rings (SSSR count). The second-order valence-electron chi connectivity index (χ2n) is 7.05. The lowest BCUT2D eigenvalue weighted by Crippen LogP contribution is -2.10. The van der Waals surface area contributed by atoms with Crippen LogP contribution < -0.4 is 10.6 Å². The van der Waals surface area contributed by atoms with E-state index in [1.165, 1.54) is 22.7 Å². The molecule has 5 aromatic rings. The van der Waals surface area contributed by atoms with Crippen molar-refractivity contribution in [2.75, 3.05) is 10.6 Å². The second kappa shape index (κ2) is 7.84. The van der Waals surface area contributed by atoms with Gasteiger partial charge in [-0.1, -0.05) is 34.8 Å². The highest BCUT2D eigenvalue weighted by Crippen LogP contribution is 2.29. The third kappa shape index (κ3) is 4.07. The number of hydrogen-bond acceptors (Lipinski definition) is 7. The fraction of sp³-hybridized carbons (Fsp3) is 0.0909. The first-order chi connectivity index (χ1) is 14.9. The number of rotatable bonds is 4. The number of nitrogens with one attached hydrogen (secondary N) is 2. The van der Waals surface area contributed by atoms with Gasteiger partial charge in [-0.3, -0.25) is 20.2 Å². The molecule has 2 aromatic carbocycles. The number of hydrogen-bond donors (Lipinski definition) is 2. The van der Waals surface area contributed by atoms with Crippen LogP contribution in [0, 0.1) is 13.8 Å². The Hall–Kier alpha value is -3.14. The van der Waals surface area contributed by atoms with E-state index in [0.717, 1.165) is 42.9 Å². The molecule has 154 valence electrons. The van der Waals surface area contributed by atoms with Crippen LogP contribution in [0.3, 0.4) is 0 Å². The Balaban J connectivity index is 1.29. The highest BCUT2D eigenvalue weighted by atomic mass is 32.1. The van der Waals surface area contributed by atoms with Crippen molar-refractivity contribution in [2.45, 2.75) is 13.8 Å². The molecule has 0 aliphatic heterocycles. The SMILES string of the molecule is Cc1ccc2nc(NC(=O)c3ccc(C(=O)Nc4nc5ccc(C)cc5s4)s3)sc2c1. The standard InChI is InChI=1S/C22H16N4O2S3/c1-11-3-5-13-17(9-11)30-21(23-13)25-19(27)15-7-8-16(29-15)20(28)26-22-24-14-6-4-12(2)10-18(14)31-22/h3-10H,1-2H3,(H,23,25,27)(H,24,26,28). The number of carbonyl (C=O) groups is 2. The van der Waals surface area contributed by atoms with E-state index < -0.39 is 0 Å². The molecule has 0 unspecified atom stereocenters. The number of amides is 2. The molecule has 0 atom stereocenters. The molecule has 0 bridgehead atoms. The maximum atomic E-state index is 12.6. The molecule has 0 fully saturated rings. The van der Waals surface area contributed by atoms with Gasteiger partial charge in [0.25, 0.3) is 11.8 Å². The van der Waals surface area contributed by atoms with Crippen LogP contribution in [0.15, 0.2) is 48.5 Å². The summed E-state index contributed by atoms with van der Waals surface area (Å²) >= 11 is 3.99. The first-order valence-corrected chi connectivity index (χ1v) is 11.9. The van der Waals surface area contributed by atoms with Gasteiger partial charge in [0, 0.05) is 0 Å². The lowest BCUT2D eigenvalue weighted by atomic mass is 10.2. The first-order valence-electron chi connectivity index (χ1n) is 9.41. The molecule has 2 amide bonds. The number of aryl methyl sites for hydroxylation is 2. The smallest absolute Gasteiger partial charge is 0.267 e. The molecule has 0 radical (unpaired) electrons. The number of thiazole rings is 2. The zero-order valence-corrected chi connectivity index (χ0v) is 19.0. The number of carbonyl (C=O) groups excluding carboxylic acids is 2. The molecule has 0 aliphatic rings. The summed E-state index contributed by atoms with van der Waals surface area (Å²) in [7, 11) is 0. The lowest BCUT2D eigenvalue weighted by Gasteiger charge is -1.99. The molecular weight excluding hydrogens is 448 g/mol. The number of anilines is 2. The number of fused-ring (bicyclic) bond motifs is 2. The Kier molecular flexibility index (Phi) is 5.01. The van der Waals surface area contributed by atoms with Gasteiger partial charge in [0.2, 0.25) is 0 Å². The van der Waals surface area contributed by atoms with Crippen molar-refractivity contribution in [3.8, 4) is 0 Å². The zero-order valence-electron chi connectivity index (χ0n) is 16.6. The Morgan fingerprint density at radius 2 is 1.13 bits per heavy atom. The van der Waals surface area contributed by atoms with Crippen LogP contribution in [0.5, 0.6) is 0 Å². The number of aromatic nitrogens is 2. The van der Waals surface area contributed by atoms with Crippen molar-refractivity contribution in [1.29, 1.82) is 0 Å². The van der Waals surface area contributed by atoms with Crippen LogP contribution in [0.1, 0.15) is 30.5 Å². The summed E-state index contributed by atoms with van der Waals surface area (Å²) in [4.78, 5) is 35.0. The highest BCUT2D eigenvalue weighted by Gasteiger charge is 2.17. The maximum absolute atomic E-state index is 12.6. The Morgan fingerprint density at radius 1 is 0.677 bits per heavy atom. The van der Waals surface area contributed by atoms with Gasteiger partial charge in [-0.25, -0.2) is 9.97 Å². The number of benzene rings is 2. The second-order valence-corrected chi connectivity index (χ2v) is 10.2. The van der Waals surface area contributed by atoms with Gasteiger partial charge >= 0.3 is 0 Å². The average Bonchev–Trinajstić information content (AvgIpc) is 3.44. The third-order valence-electron chi connectivity index (χ3n) is 4.58. The third-order valence-corrected chi connectivity index (χ3v) is 7.53. The molecule has 2 N–H and O–H groups in total. The predicted octanol–water partition coefficient (Wildman–Crippen LogP) is 6.09. The Morgan fingerprint density at radius 3 is 1.58 bits per heavy atom. The maximum Gasteiger partial charge on any atom is 0.267 e. The minimum atomic E-state index is -0.282. The zero-order chi connectivity index (χ0) is 21.5. The predicted molar refractivity (Wildman–Crippen MR) is 129 cm³/mol. The van der Waals surface area contributed by atoms with Crippen LogP contribution >= 0.6 is 34.0 Å². The average molecular weight is 465 g/mol. The number of thiophene rings is 1. The minimum absolute atomic E-state index is 0.282. The van der Waals surface area contributed by atoms with E-state index in [4.69, 9.17) is 0 Å². The highest BCUT2D eigenvalue weighted by molar-refractivity contribution is 7.23. The Bertz CT molecular complexity index is 1360. The van der Waals surface area contributed by atoms with Crippen LogP contribution in [0.4, 0.5) is 10.3 Å². The van der Waals surface area contributed by atoms with Gasteiger partial charge in [-0.2, -0.15) is 0 Å². The summed E-state index contributed by atoms with van der Waals surface area (Å²) in [5.41, 5.74) is 3.99. The van der Waals surface area contributed by atoms with Gasteiger partial charge < -0.3 is 0 Å². The molecule has 9 heteroatoms. The molecular formula is C22H16N4O2S3. The largest absolute Gasteiger partial charge is 0.297 e. The van der Waals surface area contributed by atoms with E-state index in [9.17, 15) is 9.59 Å². The monoisotopic (exact) mass is 464 g/mol. The van der Waals surface area contributed by atoms with E-state index >= 15 is 0 Å². The van der Waals surface area contributed by atoms with Gasteiger partial charge in [0.1, 0.15) is 0 Å². The van der Waals surface area contributed by atoms with Crippen molar-refractivity contribution >= 4 is 76.5 Å². The first kappa shape index (κ1) is 19.8. The van der Waals surface area contributed by atoms with Gasteiger partial charge in [-0.15, -0.1) is 11.3 Å². The van der Waals surface area contributed by atoms with E-state index in [2.05, 4.69) is 20.6 Å². The van der Waals surface area contributed by atoms with Crippen molar-refractivity contribution < 1.29 is 9.59 Å². The summed E-state index contributed by atoms with van der Waals surface area (Å²) < 4.78 is 2.04. The van der Waals surface area contributed by atoms with Crippen molar-refractivity contribution in [3.63, 3.8) is 0 Å². The topological polar surface area (TPSA) is 84.0 Å². The van der Waals surface area contributed by atoms with E-state index in [1.54, 1.807) is 12.1 Å². The van der Waals surface area contributed by atoms with Gasteiger partial charge in [-0.05, 0) is 61.4 Å². The van der Waals surface area contributed by atoms with Crippen molar-refractivity contribution in [2.24, 2.45) is 0 Å². The molecule has 31 heavy (non-hydrogen) atoms. The van der Waals surface area contributed by atoms with Gasteiger partial charge in [0.15, 0.2) is 10.3 Å². The molecule has 3 heterocycles. The lowest BCUT2D eigenvalue weighted by molar-refractivity contribution is 0.102. The Labute approximate surface area is 189 Å². The quantitative estimate of drug-likeness (QED) is 0.337. The fourth-order valence-electron chi connectivity index (χ4n) is 3.07. The minimum Gasteiger partial charge on any atom is -0.297 e.